The average molecular weight is 288 g/mol. The largest absolute Gasteiger partial charge is 0.508 e. The normalized spacial score (nSPS) is 9.14. The first-order valence-corrected chi connectivity index (χ1v) is 6.08. The van der Waals surface area contributed by atoms with Crippen LogP contribution < -0.4 is 4.74 Å². The van der Waals surface area contributed by atoms with E-state index in [2.05, 4.69) is 6.58 Å². The van der Waals surface area contributed by atoms with Crippen molar-refractivity contribution in [2.45, 2.75) is 0 Å². The van der Waals surface area contributed by atoms with Gasteiger partial charge >= 0.3 is 5.97 Å². The van der Waals surface area contributed by atoms with E-state index < -0.39 is 5.97 Å². The number of hydrogen-bond acceptors (Lipinski definition) is 4. The number of hydrogen-bond donors (Lipinski definition) is 3. The number of aromatic carboxylic acids is 1. The SMILES string of the molecule is C=CCOc1ccc(C(=O)O)cc1.Oc1ccc(O)cc1. The van der Waals surface area contributed by atoms with E-state index in [1.807, 2.05) is 0 Å². The molecule has 0 aliphatic heterocycles. The molecule has 0 saturated carbocycles. The summed E-state index contributed by atoms with van der Waals surface area (Å²) in [5, 5.41) is 25.9. The molecule has 0 atom stereocenters. The van der Waals surface area contributed by atoms with Crippen molar-refractivity contribution in [2.75, 3.05) is 6.61 Å². The van der Waals surface area contributed by atoms with Gasteiger partial charge in [-0.15, -0.1) is 0 Å². The summed E-state index contributed by atoms with van der Waals surface area (Å²) in [7, 11) is 0. The Morgan fingerprint density at radius 1 is 1.00 bits per heavy atom. The highest BCUT2D eigenvalue weighted by atomic mass is 16.5. The lowest BCUT2D eigenvalue weighted by Gasteiger charge is -2.02. The molecule has 2 aromatic carbocycles. The Morgan fingerprint density at radius 3 is 1.86 bits per heavy atom. The lowest BCUT2D eigenvalue weighted by atomic mass is 10.2. The molecule has 2 aromatic rings. The predicted octanol–water partition coefficient (Wildman–Crippen LogP) is 3.05. The standard InChI is InChI=1S/C10H10O3.C6H6O2/c1-2-7-13-9-5-3-8(4-6-9)10(11)12;7-5-1-2-6(8)4-3-5/h2-6H,1,7H2,(H,11,12);1-4,7-8H. The van der Waals surface area contributed by atoms with E-state index in [-0.39, 0.29) is 17.1 Å². The minimum Gasteiger partial charge on any atom is -0.508 e. The van der Waals surface area contributed by atoms with Crippen molar-refractivity contribution in [3.8, 4) is 17.2 Å². The van der Waals surface area contributed by atoms with Crippen LogP contribution in [0.25, 0.3) is 0 Å². The van der Waals surface area contributed by atoms with Crippen molar-refractivity contribution in [1.29, 1.82) is 0 Å². The van der Waals surface area contributed by atoms with Gasteiger partial charge in [-0.25, -0.2) is 4.79 Å². The quantitative estimate of drug-likeness (QED) is 0.594. The maximum Gasteiger partial charge on any atom is 0.335 e. The molecule has 0 radical (unpaired) electrons. The molecule has 5 heteroatoms. The van der Waals surface area contributed by atoms with Gasteiger partial charge in [0.05, 0.1) is 5.56 Å². The topological polar surface area (TPSA) is 87.0 Å². The smallest absolute Gasteiger partial charge is 0.335 e. The van der Waals surface area contributed by atoms with Gasteiger partial charge in [0, 0.05) is 0 Å². The molecule has 0 amide bonds. The zero-order valence-electron chi connectivity index (χ0n) is 11.3. The molecule has 0 saturated heterocycles. The summed E-state index contributed by atoms with van der Waals surface area (Å²) >= 11 is 0. The Labute approximate surface area is 122 Å². The molecule has 2 rings (SSSR count). The third-order valence-electron chi connectivity index (χ3n) is 2.32. The minimum atomic E-state index is -0.935. The molecule has 5 nitrogen and oxygen atoms in total. The maximum atomic E-state index is 10.5. The molecule has 0 aromatic heterocycles. The van der Waals surface area contributed by atoms with Gasteiger partial charge in [0.25, 0.3) is 0 Å². The summed E-state index contributed by atoms with van der Waals surface area (Å²) in [6.07, 6.45) is 1.63. The molecule has 21 heavy (non-hydrogen) atoms. The Morgan fingerprint density at radius 2 is 1.48 bits per heavy atom. The summed E-state index contributed by atoms with van der Waals surface area (Å²) in [4.78, 5) is 10.5. The van der Waals surface area contributed by atoms with Gasteiger partial charge in [0.2, 0.25) is 0 Å². The van der Waals surface area contributed by atoms with Crippen LogP contribution in [0.4, 0.5) is 0 Å². The van der Waals surface area contributed by atoms with Crippen molar-refractivity contribution in [3.63, 3.8) is 0 Å². The van der Waals surface area contributed by atoms with Crippen molar-refractivity contribution >= 4 is 5.97 Å². The molecule has 0 bridgehead atoms. The molecular weight excluding hydrogens is 272 g/mol. The van der Waals surface area contributed by atoms with Gasteiger partial charge < -0.3 is 20.1 Å². The second-order valence-corrected chi connectivity index (χ2v) is 3.95. The van der Waals surface area contributed by atoms with Gasteiger partial charge in [0.15, 0.2) is 0 Å². The van der Waals surface area contributed by atoms with E-state index >= 15 is 0 Å². The van der Waals surface area contributed by atoms with E-state index in [0.29, 0.717) is 12.4 Å². The number of phenols is 2. The number of phenolic OH excluding ortho intramolecular Hbond substituents is 2. The highest BCUT2D eigenvalue weighted by molar-refractivity contribution is 5.87. The van der Waals surface area contributed by atoms with Crippen LogP contribution in [0, 0.1) is 0 Å². The van der Waals surface area contributed by atoms with Crippen LogP contribution in [-0.2, 0) is 0 Å². The van der Waals surface area contributed by atoms with Gasteiger partial charge in [-0.2, -0.15) is 0 Å². The summed E-state index contributed by atoms with van der Waals surface area (Å²) in [5.74, 6) is 0.0470. The zero-order valence-corrected chi connectivity index (χ0v) is 11.3. The molecule has 0 heterocycles. The van der Waals surface area contributed by atoms with E-state index in [1.54, 1.807) is 18.2 Å². The van der Waals surface area contributed by atoms with Crippen LogP contribution in [0.1, 0.15) is 10.4 Å². The van der Waals surface area contributed by atoms with E-state index in [1.165, 1.54) is 36.4 Å². The third kappa shape index (κ3) is 6.15. The van der Waals surface area contributed by atoms with Crippen molar-refractivity contribution < 1.29 is 24.9 Å². The van der Waals surface area contributed by atoms with Crippen molar-refractivity contribution in [1.82, 2.24) is 0 Å². The van der Waals surface area contributed by atoms with E-state index in [9.17, 15) is 4.79 Å². The van der Waals surface area contributed by atoms with Gasteiger partial charge in [-0.3, -0.25) is 0 Å². The molecule has 0 aliphatic rings. The number of aromatic hydroxyl groups is 2. The maximum absolute atomic E-state index is 10.5. The van der Waals surface area contributed by atoms with Crippen LogP contribution in [0.2, 0.25) is 0 Å². The van der Waals surface area contributed by atoms with Crippen LogP contribution in [0.5, 0.6) is 17.2 Å². The third-order valence-corrected chi connectivity index (χ3v) is 2.32. The first-order valence-electron chi connectivity index (χ1n) is 6.08. The minimum absolute atomic E-state index is 0.169. The Kier molecular flexibility index (Phi) is 6.34. The Balaban J connectivity index is 0.000000235. The van der Waals surface area contributed by atoms with E-state index in [4.69, 9.17) is 20.1 Å². The van der Waals surface area contributed by atoms with Crippen LogP contribution in [0.3, 0.4) is 0 Å². The lowest BCUT2D eigenvalue weighted by Crippen LogP contribution is -1.97. The fourth-order valence-electron chi connectivity index (χ4n) is 1.30. The highest BCUT2D eigenvalue weighted by Gasteiger charge is 2.00. The molecule has 0 unspecified atom stereocenters. The fourth-order valence-corrected chi connectivity index (χ4v) is 1.30. The van der Waals surface area contributed by atoms with Gasteiger partial charge in [-0.05, 0) is 48.5 Å². The van der Waals surface area contributed by atoms with Gasteiger partial charge in [-0.1, -0.05) is 12.7 Å². The average Bonchev–Trinajstić information content (AvgIpc) is 2.49. The fraction of sp³-hybridized carbons (Fsp3) is 0.0625. The number of ether oxygens (including phenoxy) is 1. The number of carboxylic acids is 1. The Bertz CT molecular complexity index is 552. The van der Waals surface area contributed by atoms with Crippen LogP contribution in [-0.4, -0.2) is 27.9 Å². The summed E-state index contributed by atoms with van der Waals surface area (Å²) < 4.78 is 5.18. The molecule has 110 valence electrons. The summed E-state index contributed by atoms with van der Waals surface area (Å²) in [6, 6.07) is 11.9. The Hall–Kier alpha value is -2.95. The predicted molar refractivity (Wildman–Crippen MR) is 78.9 cm³/mol. The first kappa shape index (κ1) is 16.1. The highest BCUT2D eigenvalue weighted by Crippen LogP contribution is 2.13. The number of rotatable bonds is 4. The monoisotopic (exact) mass is 288 g/mol. The zero-order chi connectivity index (χ0) is 15.7. The lowest BCUT2D eigenvalue weighted by molar-refractivity contribution is 0.0697. The number of carbonyl (C=O) groups is 1. The molecule has 0 fully saturated rings. The van der Waals surface area contributed by atoms with Crippen LogP contribution in [0.15, 0.2) is 61.2 Å². The number of benzene rings is 2. The molecule has 0 aliphatic carbocycles. The second-order valence-electron chi connectivity index (χ2n) is 3.95. The second kappa shape index (κ2) is 8.27. The van der Waals surface area contributed by atoms with Crippen molar-refractivity contribution in [2.24, 2.45) is 0 Å². The van der Waals surface area contributed by atoms with Crippen LogP contribution >= 0.6 is 0 Å². The van der Waals surface area contributed by atoms with Gasteiger partial charge in [0.1, 0.15) is 23.9 Å². The molecule has 0 spiro atoms. The van der Waals surface area contributed by atoms with Crippen molar-refractivity contribution in [3.05, 3.63) is 66.7 Å². The molecular formula is C16H16O5. The first-order chi connectivity index (χ1) is 10.0. The summed E-state index contributed by atoms with van der Waals surface area (Å²) in [5.41, 5.74) is 0.256. The number of carboxylic acid groups (broad SMARTS) is 1. The summed E-state index contributed by atoms with van der Waals surface area (Å²) in [6.45, 7) is 3.93. The van der Waals surface area contributed by atoms with E-state index in [0.717, 1.165) is 0 Å². The molecule has 3 N–H and O–H groups in total.